The second-order valence-corrected chi connectivity index (χ2v) is 4.21. The van der Waals surface area contributed by atoms with E-state index in [9.17, 15) is 4.79 Å². The maximum atomic E-state index is 11.1. The average Bonchev–Trinajstić information content (AvgIpc) is 2.12. The normalized spacial score (nSPS) is 18.8. The minimum absolute atomic E-state index is 0.0833. The van der Waals surface area contributed by atoms with Gasteiger partial charge in [0.05, 0.1) is 0 Å². The van der Waals surface area contributed by atoms with Crippen LogP contribution < -0.4 is 5.32 Å². The number of hydrogen-bond donors (Lipinski definition) is 1. The molecule has 1 heterocycles. The van der Waals surface area contributed by atoms with E-state index in [1.807, 2.05) is 4.90 Å². The van der Waals surface area contributed by atoms with Crippen LogP contribution in [0.3, 0.4) is 0 Å². The summed E-state index contributed by atoms with van der Waals surface area (Å²) in [5, 5.41) is 2.78. The van der Waals surface area contributed by atoms with E-state index >= 15 is 0 Å². The molecule has 0 spiro atoms. The Morgan fingerprint density at radius 1 is 1.55 bits per heavy atom. The molecule has 1 aliphatic rings. The van der Waals surface area contributed by atoms with E-state index < -0.39 is 0 Å². The fraction of sp³-hybridized carbons (Fsp3) is 0.875. The van der Waals surface area contributed by atoms with Gasteiger partial charge in [-0.15, -0.1) is 0 Å². The Bertz CT molecular complexity index is 160. The smallest absolute Gasteiger partial charge is 0.317 e. The molecule has 1 fully saturated rings. The lowest BCUT2D eigenvalue weighted by atomic mass is 9.96. The van der Waals surface area contributed by atoms with E-state index in [0.717, 1.165) is 19.6 Å². The highest BCUT2D eigenvalue weighted by molar-refractivity contribution is 5.76. The third kappa shape index (κ3) is 2.41. The van der Waals surface area contributed by atoms with Gasteiger partial charge in [-0.25, -0.2) is 4.79 Å². The van der Waals surface area contributed by atoms with Crippen molar-refractivity contribution in [3.63, 3.8) is 0 Å². The predicted molar refractivity (Wildman–Crippen MR) is 44.4 cm³/mol. The highest BCUT2D eigenvalue weighted by Gasteiger charge is 2.24. The molecule has 0 aliphatic carbocycles. The largest absolute Gasteiger partial charge is 0.336 e. The molecule has 0 unspecified atom stereocenters. The van der Waals surface area contributed by atoms with Gasteiger partial charge >= 0.3 is 6.03 Å². The summed E-state index contributed by atoms with van der Waals surface area (Å²) in [6, 6.07) is 0.0833. The predicted octanol–water partition coefficient (Wildman–Crippen LogP) is 1.06. The van der Waals surface area contributed by atoms with Crippen molar-refractivity contribution in [2.24, 2.45) is 5.41 Å². The second-order valence-electron chi connectivity index (χ2n) is 4.21. The zero-order valence-electron chi connectivity index (χ0n) is 7.48. The van der Waals surface area contributed by atoms with E-state index in [-0.39, 0.29) is 11.4 Å². The molecule has 0 radical (unpaired) electrons. The number of carbonyl (C=O) groups excluding carboxylic acids is 1. The van der Waals surface area contributed by atoms with Gasteiger partial charge in [-0.05, 0) is 5.41 Å². The zero-order chi connectivity index (χ0) is 8.48. The molecule has 0 aromatic carbocycles. The monoisotopic (exact) mass is 156 g/mol. The second kappa shape index (κ2) is 2.72. The summed E-state index contributed by atoms with van der Waals surface area (Å²) in [7, 11) is 0. The standard InChI is InChI=1S/C8H16N2O/c1-8(2,3)6-10-5-4-9-7(10)11/h4-6H2,1-3H3,(H,9,11). The van der Waals surface area contributed by atoms with Crippen LogP contribution in [0.5, 0.6) is 0 Å². The maximum Gasteiger partial charge on any atom is 0.317 e. The van der Waals surface area contributed by atoms with Crippen LogP contribution in [0.4, 0.5) is 4.79 Å². The maximum absolute atomic E-state index is 11.1. The molecule has 0 aromatic heterocycles. The van der Waals surface area contributed by atoms with E-state index in [1.165, 1.54) is 0 Å². The molecule has 0 bridgehead atoms. The van der Waals surface area contributed by atoms with Crippen molar-refractivity contribution in [2.45, 2.75) is 20.8 Å². The van der Waals surface area contributed by atoms with E-state index in [0.29, 0.717) is 0 Å². The first-order chi connectivity index (χ1) is 4.99. The van der Waals surface area contributed by atoms with Crippen molar-refractivity contribution in [2.75, 3.05) is 19.6 Å². The zero-order valence-corrected chi connectivity index (χ0v) is 7.48. The van der Waals surface area contributed by atoms with Gasteiger partial charge in [-0.3, -0.25) is 0 Å². The molecule has 1 N–H and O–H groups in total. The Hall–Kier alpha value is -0.730. The number of nitrogens with one attached hydrogen (secondary N) is 1. The Kier molecular flexibility index (Phi) is 2.07. The Balaban J connectivity index is 2.43. The Labute approximate surface area is 67.8 Å². The number of carbonyl (C=O) groups is 1. The summed E-state index contributed by atoms with van der Waals surface area (Å²) in [6.45, 7) is 8.92. The molecule has 1 aliphatic heterocycles. The summed E-state index contributed by atoms with van der Waals surface area (Å²) < 4.78 is 0. The van der Waals surface area contributed by atoms with Gasteiger partial charge in [0, 0.05) is 19.6 Å². The molecule has 0 atom stereocenters. The van der Waals surface area contributed by atoms with Crippen LogP contribution in [0.15, 0.2) is 0 Å². The highest BCUT2D eigenvalue weighted by atomic mass is 16.2. The van der Waals surface area contributed by atoms with Crippen molar-refractivity contribution in [1.82, 2.24) is 10.2 Å². The molecule has 0 aromatic rings. The van der Waals surface area contributed by atoms with Gasteiger partial charge < -0.3 is 10.2 Å². The first-order valence-electron chi connectivity index (χ1n) is 4.02. The third-order valence-electron chi connectivity index (χ3n) is 1.61. The van der Waals surface area contributed by atoms with E-state index in [2.05, 4.69) is 26.1 Å². The molecule has 0 saturated carbocycles. The summed E-state index contributed by atoms with van der Waals surface area (Å²) in [4.78, 5) is 12.9. The van der Waals surface area contributed by atoms with Crippen LogP contribution in [0.2, 0.25) is 0 Å². The summed E-state index contributed by atoms with van der Waals surface area (Å²) in [5.74, 6) is 0. The minimum atomic E-state index is 0.0833. The molecular formula is C8H16N2O. The number of rotatable bonds is 1. The summed E-state index contributed by atoms with van der Waals surface area (Å²) in [5.41, 5.74) is 0.210. The van der Waals surface area contributed by atoms with Crippen LogP contribution in [0, 0.1) is 5.41 Å². The molecule has 3 nitrogen and oxygen atoms in total. The molecule has 11 heavy (non-hydrogen) atoms. The molecule has 3 heteroatoms. The van der Waals surface area contributed by atoms with Gasteiger partial charge in [-0.1, -0.05) is 20.8 Å². The van der Waals surface area contributed by atoms with Crippen molar-refractivity contribution in [3.05, 3.63) is 0 Å². The van der Waals surface area contributed by atoms with Crippen LogP contribution in [0.1, 0.15) is 20.8 Å². The van der Waals surface area contributed by atoms with Crippen molar-refractivity contribution < 1.29 is 4.79 Å². The lowest BCUT2D eigenvalue weighted by molar-refractivity contribution is 0.195. The van der Waals surface area contributed by atoms with Gasteiger partial charge in [0.15, 0.2) is 0 Å². The summed E-state index contributed by atoms with van der Waals surface area (Å²) in [6.07, 6.45) is 0. The van der Waals surface area contributed by atoms with Crippen LogP contribution >= 0.6 is 0 Å². The SMILES string of the molecule is CC(C)(C)CN1CCNC1=O. The van der Waals surface area contributed by atoms with Crippen LogP contribution in [0.25, 0.3) is 0 Å². The number of amides is 2. The highest BCUT2D eigenvalue weighted by Crippen LogP contribution is 2.15. The summed E-state index contributed by atoms with van der Waals surface area (Å²) >= 11 is 0. The Morgan fingerprint density at radius 2 is 2.18 bits per heavy atom. The minimum Gasteiger partial charge on any atom is -0.336 e. The van der Waals surface area contributed by atoms with E-state index in [1.54, 1.807) is 0 Å². The van der Waals surface area contributed by atoms with Crippen molar-refractivity contribution >= 4 is 6.03 Å². The topological polar surface area (TPSA) is 32.3 Å². The first kappa shape index (κ1) is 8.37. The molecule has 64 valence electrons. The van der Waals surface area contributed by atoms with Crippen LogP contribution in [-0.2, 0) is 0 Å². The molecular weight excluding hydrogens is 140 g/mol. The first-order valence-corrected chi connectivity index (χ1v) is 4.02. The molecule has 2 amide bonds. The van der Waals surface area contributed by atoms with Gasteiger partial charge in [0.1, 0.15) is 0 Å². The van der Waals surface area contributed by atoms with Gasteiger partial charge in [0.2, 0.25) is 0 Å². The van der Waals surface area contributed by atoms with Crippen molar-refractivity contribution in [1.29, 1.82) is 0 Å². The van der Waals surface area contributed by atoms with E-state index in [4.69, 9.17) is 0 Å². The number of hydrogen-bond acceptors (Lipinski definition) is 1. The van der Waals surface area contributed by atoms with Gasteiger partial charge in [-0.2, -0.15) is 0 Å². The average molecular weight is 156 g/mol. The van der Waals surface area contributed by atoms with Gasteiger partial charge in [0.25, 0.3) is 0 Å². The van der Waals surface area contributed by atoms with Crippen LogP contribution in [-0.4, -0.2) is 30.6 Å². The molecule has 1 saturated heterocycles. The number of nitrogens with zero attached hydrogens (tertiary/aromatic N) is 1. The fourth-order valence-corrected chi connectivity index (χ4v) is 1.23. The lowest BCUT2D eigenvalue weighted by Gasteiger charge is -2.24. The number of urea groups is 1. The van der Waals surface area contributed by atoms with Crippen molar-refractivity contribution in [3.8, 4) is 0 Å². The lowest BCUT2D eigenvalue weighted by Crippen LogP contribution is -2.35. The third-order valence-corrected chi connectivity index (χ3v) is 1.61. The quantitative estimate of drug-likeness (QED) is 0.605. The molecule has 1 rings (SSSR count). The fourth-order valence-electron chi connectivity index (χ4n) is 1.23. The Morgan fingerprint density at radius 3 is 2.55 bits per heavy atom.